The van der Waals surface area contributed by atoms with E-state index in [1.54, 1.807) is 0 Å². The highest BCUT2D eigenvalue weighted by molar-refractivity contribution is 6.21. The molecule has 0 bridgehead atoms. The smallest absolute Gasteiger partial charge is 0.0730 e. The van der Waals surface area contributed by atoms with Crippen LogP contribution in [0.4, 0.5) is 5.69 Å². The lowest BCUT2D eigenvalue weighted by molar-refractivity contribution is 1.00. The van der Waals surface area contributed by atoms with Crippen molar-refractivity contribution in [1.29, 1.82) is 5.41 Å². The maximum atomic E-state index is 9.38. The van der Waals surface area contributed by atoms with Crippen LogP contribution in [-0.4, -0.2) is 11.9 Å². The number of rotatable bonds is 6. The van der Waals surface area contributed by atoms with Gasteiger partial charge in [-0.05, 0) is 120 Å². The molecule has 50 heavy (non-hydrogen) atoms. The van der Waals surface area contributed by atoms with Crippen molar-refractivity contribution < 1.29 is 0 Å². The summed E-state index contributed by atoms with van der Waals surface area (Å²) in [4.78, 5) is 5.19. The predicted molar refractivity (Wildman–Crippen MR) is 214 cm³/mol. The lowest BCUT2D eigenvalue weighted by atomic mass is 9.88. The Hall–Kier alpha value is -6.38. The van der Waals surface area contributed by atoms with Crippen LogP contribution < -0.4 is 0 Å². The van der Waals surface area contributed by atoms with Crippen molar-refractivity contribution in [2.24, 2.45) is 4.99 Å². The Morgan fingerprint density at radius 2 is 1.18 bits per heavy atom. The molecule has 9 rings (SSSR count). The van der Waals surface area contributed by atoms with Gasteiger partial charge in [-0.25, -0.2) is 0 Å². The molecule has 1 aliphatic rings. The SMILES string of the molecule is N=C(C1=CC=CCC1)c1c(N=Cc2cc(-c3cccc4ccccc34)cc(-c3c4ccccc4cc4ccccc34)c2)ccc2ccccc12. The molecule has 0 spiro atoms. The number of hydrogen-bond acceptors (Lipinski definition) is 2. The van der Waals surface area contributed by atoms with Crippen LogP contribution in [-0.2, 0) is 0 Å². The first-order chi connectivity index (χ1) is 24.7. The molecule has 0 fully saturated rings. The van der Waals surface area contributed by atoms with E-state index in [1.165, 1.54) is 43.4 Å². The largest absolute Gasteiger partial charge is 0.300 e. The maximum Gasteiger partial charge on any atom is 0.0730 e. The van der Waals surface area contributed by atoms with Crippen molar-refractivity contribution in [3.8, 4) is 22.3 Å². The van der Waals surface area contributed by atoms with Crippen LogP contribution in [0.2, 0.25) is 0 Å². The van der Waals surface area contributed by atoms with Crippen molar-refractivity contribution in [3.63, 3.8) is 0 Å². The minimum absolute atomic E-state index is 0.547. The van der Waals surface area contributed by atoms with E-state index in [-0.39, 0.29) is 0 Å². The van der Waals surface area contributed by atoms with Gasteiger partial charge in [-0.1, -0.05) is 140 Å². The zero-order valence-corrected chi connectivity index (χ0v) is 27.6. The summed E-state index contributed by atoms with van der Waals surface area (Å²) in [5, 5.41) is 18.9. The van der Waals surface area contributed by atoms with Gasteiger partial charge in [-0.15, -0.1) is 0 Å². The van der Waals surface area contributed by atoms with Crippen molar-refractivity contribution in [2.75, 3.05) is 0 Å². The third-order valence-corrected chi connectivity index (χ3v) is 9.96. The Labute approximate surface area is 291 Å². The Balaban J connectivity index is 1.28. The normalized spacial score (nSPS) is 13.1. The zero-order chi connectivity index (χ0) is 33.4. The van der Waals surface area contributed by atoms with Crippen molar-refractivity contribution >= 4 is 60.7 Å². The number of nitrogens with one attached hydrogen (secondary N) is 1. The van der Waals surface area contributed by atoms with Gasteiger partial charge in [-0.3, -0.25) is 10.4 Å². The van der Waals surface area contributed by atoms with Crippen LogP contribution in [0.25, 0.3) is 65.3 Å². The Morgan fingerprint density at radius 3 is 1.90 bits per heavy atom. The molecule has 0 radical (unpaired) electrons. The zero-order valence-electron chi connectivity index (χ0n) is 27.6. The van der Waals surface area contributed by atoms with E-state index >= 15 is 0 Å². The third-order valence-electron chi connectivity index (χ3n) is 9.96. The Bertz CT molecular complexity index is 2670. The quantitative estimate of drug-likeness (QED) is 0.139. The van der Waals surface area contributed by atoms with Crippen LogP contribution in [0.15, 0.2) is 180 Å². The van der Waals surface area contributed by atoms with E-state index in [9.17, 15) is 5.41 Å². The molecule has 0 aliphatic heterocycles. The highest BCUT2D eigenvalue weighted by atomic mass is 14.7. The summed E-state index contributed by atoms with van der Waals surface area (Å²) in [5.41, 5.74) is 8.99. The van der Waals surface area contributed by atoms with E-state index in [4.69, 9.17) is 4.99 Å². The van der Waals surface area contributed by atoms with Crippen LogP contribution in [0.3, 0.4) is 0 Å². The van der Waals surface area contributed by atoms with E-state index in [0.29, 0.717) is 5.71 Å². The monoisotopic (exact) mass is 638 g/mol. The predicted octanol–water partition coefficient (Wildman–Crippen LogP) is 13.0. The molecule has 0 amide bonds. The molecule has 2 heteroatoms. The van der Waals surface area contributed by atoms with Gasteiger partial charge < -0.3 is 0 Å². The van der Waals surface area contributed by atoms with Crippen LogP contribution in [0.5, 0.6) is 0 Å². The van der Waals surface area contributed by atoms with Gasteiger partial charge in [0.25, 0.3) is 0 Å². The molecule has 2 nitrogen and oxygen atoms in total. The number of benzene rings is 8. The van der Waals surface area contributed by atoms with E-state index in [1.807, 2.05) is 6.21 Å². The van der Waals surface area contributed by atoms with Gasteiger partial charge in [0.1, 0.15) is 0 Å². The van der Waals surface area contributed by atoms with Crippen molar-refractivity contribution in [3.05, 3.63) is 187 Å². The summed E-state index contributed by atoms with van der Waals surface area (Å²) in [7, 11) is 0. The first kappa shape index (κ1) is 29.7. The van der Waals surface area contributed by atoms with Crippen LogP contribution in [0.1, 0.15) is 24.0 Å². The van der Waals surface area contributed by atoms with Gasteiger partial charge >= 0.3 is 0 Å². The number of fused-ring (bicyclic) bond motifs is 4. The molecule has 0 atom stereocenters. The summed E-state index contributed by atoms with van der Waals surface area (Å²) in [6.45, 7) is 0. The minimum atomic E-state index is 0.547. The Kier molecular flexibility index (Phi) is 7.48. The average molecular weight is 639 g/mol. The van der Waals surface area contributed by atoms with Crippen LogP contribution in [0, 0.1) is 5.41 Å². The second-order valence-corrected chi connectivity index (χ2v) is 13.0. The summed E-state index contributed by atoms with van der Waals surface area (Å²) >= 11 is 0. The minimum Gasteiger partial charge on any atom is -0.300 e. The number of nitrogens with zero attached hydrogens (tertiary/aromatic N) is 1. The molecular formula is C48H34N2. The molecule has 8 aromatic rings. The van der Waals surface area contributed by atoms with Gasteiger partial charge in [-0.2, -0.15) is 0 Å². The third kappa shape index (κ3) is 5.32. The van der Waals surface area contributed by atoms with Gasteiger partial charge in [0.15, 0.2) is 0 Å². The molecule has 0 saturated heterocycles. The van der Waals surface area contributed by atoms with E-state index in [0.717, 1.165) is 57.1 Å². The lowest BCUT2D eigenvalue weighted by Crippen LogP contribution is -2.06. The molecule has 0 saturated carbocycles. The number of allylic oxidation sites excluding steroid dienone is 4. The van der Waals surface area contributed by atoms with Gasteiger partial charge in [0.2, 0.25) is 0 Å². The molecule has 8 aromatic carbocycles. The van der Waals surface area contributed by atoms with Gasteiger partial charge in [0, 0.05) is 11.8 Å². The average Bonchev–Trinajstić information content (AvgIpc) is 3.18. The van der Waals surface area contributed by atoms with Gasteiger partial charge in [0.05, 0.1) is 11.4 Å². The van der Waals surface area contributed by atoms with Crippen molar-refractivity contribution in [1.82, 2.24) is 0 Å². The van der Waals surface area contributed by atoms with Crippen LogP contribution >= 0.6 is 0 Å². The molecule has 1 aliphatic carbocycles. The molecule has 236 valence electrons. The highest BCUT2D eigenvalue weighted by Gasteiger charge is 2.17. The highest BCUT2D eigenvalue weighted by Crippen LogP contribution is 2.40. The first-order valence-electron chi connectivity index (χ1n) is 17.3. The van der Waals surface area contributed by atoms with E-state index < -0.39 is 0 Å². The number of aliphatic imine (C=N–C) groups is 1. The summed E-state index contributed by atoms with van der Waals surface area (Å²) in [6.07, 6.45) is 10.1. The van der Waals surface area contributed by atoms with Crippen molar-refractivity contribution in [2.45, 2.75) is 12.8 Å². The molecule has 0 aromatic heterocycles. The maximum absolute atomic E-state index is 9.38. The lowest BCUT2D eigenvalue weighted by Gasteiger charge is -2.16. The number of hydrogen-bond donors (Lipinski definition) is 1. The first-order valence-corrected chi connectivity index (χ1v) is 17.3. The second kappa shape index (κ2) is 12.6. The fraction of sp³-hybridized carbons (Fsp3) is 0.0417. The second-order valence-electron chi connectivity index (χ2n) is 13.0. The van der Waals surface area contributed by atoms with E-state index in [2.05, 4.69) is 170 Å². The molecule has 1 N–H and O–H groups in total. The molecule has 0 unspecified atom stereocenters. The molecular weight excluding hydrogens is 605 g/mol. The fourth-order valence-electron chi connectivity index (χ4n) is 7.57. The summed E-state index contributed by atoms with van der Waals surface area (Å²) in [6, 6.07) is 54.2. The molecule has 0 heterocycles. The Morgan fingerprint density at radius 1 is 0.560 bits per heavy atom. The fourth-order valence-corrected chi connectivity index (χ4v) is 7.57. The summed E-state index contributed by atoms with van der Waals surface area (Å²) < 4.78 is 0. The topological polar surface area (TPSA) is 36.2 Å². The summed E-state index contributed by atoms with van der Waals surface area (Å²) in [5.74, 6) is 0. The standard InChI is InChI=1S/C48H34N2/c49-48(35-15-2-1-3-16-35)47-42-21-9-5-14-34(42)25-26-45(47)50-31-32-27-38(41-24-12-19-33-13-4-8-20-40(33)41)30-39(28-32)46-43-22-10-6-17-36(43)29-37-18-7-11-23-44(37)46/h1-2,4-15,17-31,49H,3,16H2.